The zero-order chi connectivity index (χ0) is 31.7. The molecule has 0 fully saturated rings. The van der Waals surface area contributed by atoms with Gasteiger partial charge in [-0.25, -0.2) is 0 Å². The van der Waals surface area contributed by atoms with Crippen LogP contribution in [0, 0.1) is 0 Å². The predicted molar refractivity (Wildman–Crippen MR) is 203 cm³/mol. The van der Waals surface area contributed by atoms with E-state index in [0.717, 1.165) is 0 Å². The first-order valence-corrected chi connectivity index (χ1v) is 17.6. The molecular weight excluding hydrogens is 589 g/mol. The van der Waals surface area contributed by atoms with E-state index >= 15 is 0 Å². The summed E-state index contributed by atoms with van der Waals surface area (Å²) in [7, 11) is 0. The molecule has 3 heterocycles. The average Bonchev–Trinajstić information content (AvgIpc) is 3.74. The number of nitrogens with zero attached hydrogens (tertiary/aromatic N) is 2. The molecule has 0 N–H and O–H groups in total. The van der Waals surface area contributed by atoms with Crippen LogP contribution in [0.25, 0.3) is 75.2 Å². The standard InChI is InChI=1S/C44H36N2S/c1-43(2)23-24-44(3,4)34-26-37-32(25-33(34)43)30-22-21-29-28-15-8-10-17-35(28)46(42(29)41(30)45(37)27-13-6-5-7-14-27)36-18-12-20-39-40(36)31-16-9-11-19-38(31)47-39/h5-22,25-26H,23-24H2,1-4H3. The van der Waals surface area contributed by atoms with Gasteiger partial charge >= 0.3 is 0 Å². The van der Waals surface area contributed by atoms with Crippen LogP contribution >= 0.6 is 11.3 Å². The van der Waals surface area contributed by atoms with Crippen molar-refractivity contribution in [3.05, 3.63) is 132 Å². The Balaban J connectivity index is 1.46. The zero-order valence-electron chi connectivity index (χ0n) is 27.3. The van der Waals surface area contributed by atoms with Crippen LogP contribution in [0.4, 0.5) is 0 Å². The second-order valence-electron chi connectivity index (χ2n) is 14.8. The van der Waals surface area contributed by atoms with E-state index in [1.165, 1.54) is 99.1 Å². The monoisotopic (exact) mass is 624 g/mol. The molecule has 2 nitrogen and oxygen atoms in total. The molecule has 0 unspecified atom stereocenters. The van der Waals surface area contributed by atoms with Crippen LogP contribution < -0.4 is 0 Å². The van der Waals surface area contributed by atoms with Gasteiger partial charge in [-0.15, -0.1) is 11.3 Å². The van der Waals surface area contributed by atoms with Crippen molar-refractivity contribution in [3.8, 4) is 11.4 Å². The fourth-order valence-corrected chi connectivity index (χ4v) is 9.77. The summed E-state index contributed by atoms with van der Waals surface area (Å²) in [6.45, 7) is 9.74. The molecule has 0 bridgehead atoms. The third-order valence-electron chi connectivity index (χ3n) is 11.2. The SMILES string of the molecule is CC1(C)CCC(C)(C)c2cc3c(cc21)c1ccc2c4ccccc4n(-c4cccc5sc6ccccc6c45)c2c1n3-c1ccccc1. The molecule has 3 heteroatoms. The Morgan fingerprint density at radius 3 is 1.89 bits per heavy atom. The lowest BCUT2D eigenvalue weighted by atomic mass is 9.63. The van der Waals surface area contributed by atoms with Gasteiger partial charge < -0.3 is 9.13 Å². The molecule has 1 aliphatic rings. The Labute approximate surface area is 278 Å². The summed E-state index contributed by atoms with van der Waals surface area (Å²) in [5, 5.41) is 7.87. The minimum Gasteiger partial charge on any atom is -0.307 e. The zero-order valence-corrected chi connectivity index (χ0v) is 28.1. The molecule has 10 rings (SSSR count). The molecule has 0 saturated heterocycles. The highest BCUT2D eigenvalue weighted by atomic mass is 32.1. The fourth-order valence-electron chi connectivity index (χ4n) is 8.65. The van der Waals surface area contributed by atoms with E-state index in [2.05, 4.69) is 158 Å². The molecule has 0 aliphatic heterocycles. The lowest BCUT2D eigenvalue weighted by Crippen LogP contribution is -2.33. The van der Waals surface area contributed by atoms with Crippen LogP contribution in [0.2, 0.25) is 0 Å². The predicted octanol–water partition coefficient (Wildman–Crippen LogP) is 12.6. The van der Waals surface area contributed by atoms with Crippen LogP contribution in [-0.4, -0.2) is 9.13 Å². The molecular formula is C44H36N2S. The van der Waals surface area contributed by atoms with Gasteiger partial charge in [-0.3, -0.25) is 0 Å². The van der Waals surface area contributed by atoms with Crippen LogP contribution in [-0.2, 0) is 10.8 Å². The number of fused-ring (bicyclic) bond motifs is 11. The summed E-state index contributed by atoms with van der Waals surface area (Å²) < 4.78 is 7.78. The smallest absolute Gasteiger partial charge is 0.0789 e. The highest BCUT2D eigenvalue weighted by molar-refractivity contribution is 7.25. The number of hydrogen-bond donors (Lipinski definition) is 0. The highest BCUT2D eigenvalue weighted by Crippen LogP contribution is 2.50. The Morgan fingerprint density at radius 2 is 1.11 bits per heavy atom. The summed E-state index contributed by atoms with van der Waals surface area (Å²) in [5.41, 5.74) is 10.8. The van der Waals surface area contributed by atoms with Gasteiger partial charge in [0.15, 0.2) is 0 Å². The average molecular weight is 625 g/mol. The van der Waals surface area contributed by atoms with Crippen molar-refractivity contribution >= 4 is 75.1 Å². The number of para-hydroxylation sites is 2. The van der Waals surface area contributed by atoms with Crippen molar-refractivity contribution in [2.45, 2.75) is 51.4 Å². The molecule has 0 radical (unpaired) electrons. The van der Waals surface area contributed by atoms with Crippen molar-refractivity contribution in [2.24, 2.45) is 0 Å². The lowest BCUT2D eigenvalue weighted by Gasteiger charge is -2.42. The van der Waals surface area contributed by atoms with Crippen molar-refractivity contribution in [2.75, 3.05) is 0 Å². The highest BCUT2D eigenvalue weighted by Gasteiger charge is 2.38. The van der Waals surface area contributed by atoms with E-state index in [0.29, 0.717) is 0 Å². The van der Waals surface area contributed by atoms with E-state index < -0.39 is 0 Å². The van der Waals surface area contributed by atoms with Crippen LogP contribution in [0.5, 0.6) is 0 Å². The molecule has 0 amide bonds. The van der Waals surface area contributed by atoms with Gasteiger partial charge in [0.25, 0.3) is 0 Å². The molecule has 47 heavy (non-hydrogen) atoms. The third-order valence-corrected chi connectivity index (χ3v) is 12.3. The Kier molecular flexibility index (Phi) is 5.43. The van der Waals surface area contributed by atoms with Gasteiger partial charge in [0.1, 0.15) is 0 Å². The molecule has 228 valence electrons. The number of thiophene rings is 1. The second kappa shape index (κ2) is 9.36. The van der Waals surface area contributed by atoms with E-state index in [1.807, 2.05) is 11.3 Å². The number of benzene rings is 6. The summed E-state index contributed by atoms with van der Waals surface area (Å²) in [5.74, 6) is 0. The maximum Gasteiger partial charge on any atom is 0.0789 e. The largest absolute Gasteiger partial charge is 0.307 e. The van der Waals surface area contributed by atoms with E-state index in [9.17, 15) is 0 Å². The maximum atomic E-state index is 2.57. The molecule has 0 atom stereocenters. The molecule has 6 aromatic carbocycles. The first kappa shape index (κ1) is 27.3. The van der Waals surface area contributed by atoms with Gasteiger partial charge in [0.2, 0.25) is 0 Å². The first-order valence-electron chi connectivity index (χ1n) is 16.8. The summed E-state index contributed by atoms with van der Waals surface area (Å²) in [4.78, 5) is 0. The normalized spacial score (nSPS) is 15.8. The molecule has 1 aliphatic carbocycles. The molecule has 3 aromatic heterocycles. The summed E-state index contributed by atoms with van der Waals surface area (Å²) in [6, 6.07) is 45.6. The first-order chi connectivity index (χ1) is 22.8. The van der Waals surface area contributed by atoms with Gasteiger partial charge in [-0.05, 0) is 83.3 Å². The van der Waals surface area contributed by atoms with Crippen molar-refractivity contribution in [3.63, 3.8) is 0 Å². The maximum absolute atomic E-state index is 2.57. The Morgan fingerprint density at radius 1 is 0.489 bits per heavy atom. The Bertz CT molecular complexity index is 2730. The van der Waals surface area contributed by atoms with E-state index in [1.54, 1.807) is 0 Å². The van der Waals surface area contributed by atoms with Crippen LogP contribution in [0.15, 0.2) is 121 Å². The topological polar surface area (TPSA) is 9.86 Å². The minimum absolute atomic E-state index is 0.122. The van der Waals surface area contributed by atoms with Gasteiger partial charge in [0.05, 0.1) is 27.8 Å². The lowest BCUT2D eigenvalue weighted by molar-refractivity contribution is 0.332. The van der Waals surface area contributed by atoms with E-state index in [4.69, 9.17) is 0 Å². The van der Waals surface area contributed by atoms with Crippen LogP contribution in [0.3, 0.4) is 0 Å². The van der Waals surface area contributed by atoms with Gasteiger partial charge in [0, 0.05) is 47.4 Å². The Hall–Kier alpha value is -4.86. The fraction of sp³-hybridized carbons (Fsp3) is 0.182. The number of hydrogen-bond acceptors (Lipinski definition) is 1. The molecule has 0 saturated carbocycles. The van der Waals surface area contributed by atoms with Crippen molar-refractivity contribution in [1.82, 2.24) is 9.13 Å². The van der Waals surface area contributed by atoms with Gasteiger partial charge in [-0.2, -0.15) is 0 Å². The third kappa shape index (κ3) is 3.66. The van der Waals surface area contributed by atoms with Gasteiger partial charge in [-0.1, -0.05) is 100 Å². The van der Waals surface area contributed by atoms with Crippen LogP contribution in [0.1, 0.15) is 51.7 Å². The molecule has 0 spiro atoms. The number of aromatic nitrogens is 2. The molecule has 9 aromatic rings. The quantitative estimate of drug-likeness (QED) is 0.181. The van der Waals surface area contributed by atoms with E-state index in [-0.39, 0.29) is 10.8 Å². The second-order valence-corrected chi connectivity index (χ2v) is 15.9. The summed E-state index contributed by atoms with van der Waals surface area (Å²) in [6.07, 6.45) is 2.40. The number of rotatable bonds is 2. The van der Waals surface area contributed by atoms with Crippen molar-refractivity contribution < 1.29 is 0 Å². The minimum atomic E-state index is 0.122. The summed E-state index contributed by atoms with van der Waals surface area (Å²) >= 11 is 1.89. The van der Waals surface area contributed by atoms with Crippen molar-refractivity contribution in [1.29, 1.82) is 0 Å².